The van der Waals surface area contributed by atoms with Gasteiger partial charge in [-0.15, -0.1) is 11.3 Å². The highest BCUT2D eigenvalue weighted by Crippen LogP contribution is 2.41. The number of piperazine rings is 1. The minimum absolute atomic E-state index is 0.0678. The van der Waals surface area contributed by atoms with Crippen LogP contribution in [0.4, 0.5) is 32.6 Å². The molecular weight excluding hydrogens is 509 g/mol. The van der Waals surface area contributed by atoms with Gasteiger partial charge in [0.1, 0.15) is 5.82 Å². The quantitative estimate of drug-likeness (QED) is 0.605. The van der Waals surface area contributed by atoms with Gasteiger partial charge in [-0.1, -0.05) is 0 Å². The van der Waals surface area contributed by atoms with E-state index < -0.39 is 42.3 Å². The molecule has 14 heteroatoms. The summed E-state index contributed by atoms with van der Waals surface area (Å²) in [6.07, 6.45) is -7.63. The molecule has 2 amide bonds. The number of fused-ring (bicyclic) bond motifs is 1. The van der Waals surface area contributed by atoms with Crippen LogP contribution in [0.2, 0.25) is 0 Å². The number of rotatable bonds is 3. The maximum atomic E-state index is 15.1. The third kappa shape index (κ3) is 5.05. The molecule has 0 radical (unpaired) electrons. The second-order valence-corrected chi connectivity index (χ2v) is 9.96. The lowest BCUT2D eigenvalue weighted by Gasteiger charge is -2.41. The van der Waals surface area contributed by atoms with Crippen molar-refractivity contribution in [3.05, 3.63) is 22.6 Å². The number of halogens is 5. The Morgan fingerprint density at radius 2 is 1.97 bits per heavy atom. The number of pyridine rings is 1. The number of alkyl halides is 5. The molecule has 2 aliphatic heterocycles. The number of hydrogen-bond donors (Lipinski definition) is 1. The minimum Gasteiger partial charge on any atom is -0.440 e. The van der Waals surface area contributed by atoms with Crippen LogP contribution in [0.5, 0.6) is 0 Å². The van der Waals surface area contributed by atoms with Gasteiger partial charge in [0.25, 0.3) is 5.91 Å². The maximum absolute atomic E-state index is 15.1. The Balaban J connectivity index is 1.57. The predicted molar refractivity (Wildman–Crippen MR) is 124 cm³/mol. The monoisotopic (exact) mass is 535 g/mol. The molecule has 2 saturated heterocycles. The Kier molecular flexibility index (Phi) is 7.03. The first-order valence-electron chi connectivity index (χ1n) is 11.3. The molecule has 1 unspecified atom stereocenters. The van der Waals surface area contributed by atoms with E-state index >= 15 is 8.78 Å². The Bertz CT molecular complexity index is 1160. The van der Waals surface area contributed by atoms with Crippen molar-refractivity contribution in [2.75, 3.05) is 51.7 Å². The van der Waals surface area contributed by atoms with Crippen molar-refractivity contribution in [3.8, 4) is 0 Å². The molecular formula is C22H26F5N5O3S. The van der Waals surface area contributed by atoms with Crippen LogP contribution in [0.15, 0.2) is 11.4 Å². The lowest BCUT2D eigenvalue weighted by atomic mass is 10.0. The highest BCUT2D eigenvalue weighted by Gasteiger charge is 2.49. The number of ether oxygens (including phenoxy) is 1. The number of anilines is 1. The van der Waals surface area contributed by atoms with Gasteiger partial charge in [0.05, 0.1) is 27.9 Å². The SMILES string of the molecule is CNC(=O)c1csc2c(C(F)(F)F)cc(N3CCC(OC(=O)N4CCN(C)C[C@@H]4C)C(F)(F)C3)nc12. The number of carbonyl (C=O) groups excluding carboxylic acids is 2. The number of likely N-dealkylation sites (N-methyl/N-ethyl adjacent to an activating group) is 1. The molecule has 2 aliphatic rings. The van der Waals surface area contributed by atoms with Crippen molar-refractivity contribution in [3.63, 3.8) is 0 Å². The molecule has 2 aromatic heterocycles. The smallest absolute Gasteiger partial charge is 0.417 e. The number of carbonyl (C=O) groups is 2. The summed E-state index contributed by atoms with van der Waals surface area (Å²) in [5, 5.41) is 3.60. The maximum Gasteiger partial charge on any atom is 0.417 e. The molecule has 2 fully saturated rings. The average molecular weight is 536 g/mol. The van der Waals surface area contributed by atoms with Gasteiger partial charge in [-0.2, -0.15) is 13.2 Å². The van der Waals surface area contributed by atoms with Crippen LogP contribution >= 0.6 is 11.3 Å². The van der Waals surface area contributed by atoms with E-state index in [1.165, 1.54) is 17.3 Å². The van der Waals surface area contributed by atoms with E-state index in [-0.39, 0.29) is 40.6 Å². The van der Waals surface area contributed by atoms with Gasteiger partial charge in [0, 0.05) is 51.1 Å². The van der Waals surface area contributed by atoms with Crippen LogP contribution in [0.25, 0.3) is 10.2 Å². The number of amides is 2. The standard InChI is InChI=1S/C22H26F5N5O3S/c1-12-9-30(3)6-7-32(12)20(34)35-15-4-5-31(11-21(15,23)24)16-8-14(22(25,26)27)18-17(29-16)13(10-36-18)19(33)28-2/h8,10,12,15H,4-7,9,11H2,1-3H3,(H,28,33)/t12-,15?/m0/s1. The molecule has 1 N–H and O–H groups in total. The van der Waals surface area contributed by atoms with E-state index in [1.807, 2.05) is 11.9 Å². The van der Waals surface area contributed by atoms with E-state index in [9.17, 15) is 22.8 Å². The van der Waals surface area contributed by atoms with Crippen LogP contribution < -0.4 is 10.2 Å². The van der Waals surface area contributed by atoms with Crippen molar-refractivity contribution in [1.82, 2.24) is 20.1 Å². The molecule has 0 bridgehead atoms. The number of aromatic nitrogens is 1. The van der Waals surface area contributed by atoms with Crippen LogP contribution in [-0.2, 0) is 10.9 Å². The van der Waals surface area contributed by atoms with Crippen LogP contribution in [-0.4, -0.2) is 91.7 Å². The van der Waals surface area contributed by atoms with Crippen molar-refractivity contribution in [2.45, 2.75) is 37.6 Å². The normalized spacial score (nSPS) is 23.1. The third-order valence-electron chi connectivity index (χ3n) is 6.45. The minimum atomic E-state index is -4.78. The van der Waals surface area contributed by atoms with E-state index in [0.717, 1.165) is 11.0 Å². The fourth-order valence-electron chi connectivity index (χ4n) is 4.52. The molecule has 2 aromatic rings. The van der Waals surface area contributed by atoms with Gasteiger partial charge in [0.15, 0.2) is 6.10 Å². The van der Waals surface area contributed by atoms with Gasteiger partial charge >= 0.3 is 18.2 Å². The number of nitrogens with one attached hydrogen (secondary N) is 1. The Hall–Kier alpha value is -2.74. The summed E-state index contributed by atoms with van der Waals surface area (Å²) in [5.74, 6) is -4.49. The predicted octanol–water partition coefficient (Wildman–Crippen LogP) is 3.66. The number of piperidine rings is 1. The summed E-state index contributed by atoms with van der Waals surface area (Å²) in [6.45, 7) is 2.22. The summed E-state index contributed by atoms with van der Waals surface area (Å²) in [7, 11) is 3.22. The van der Waals surface area contributed by atoms with Gasteiger partial charge in [0.2, 0.25) is 0 Å². The zero-order chi connectivity index (χ0) is 26.4. The molecule has 0 aliphatic carbocycles. The Labute approximate surface area is 208 Å². The number of nitrogens with zero attached hydrogens (tertiary/aromatic N) is 4. The van der Waals surface area contributed by atoms with Crippen LogP contribution in [0.1, 0.15) is 29.3 Å². The summed E-state index contributed by atoms with van der Waals surface area (Å²) in [4.78, 5) is 33.4. The van der Waals surface area contributed by atoms with Gasteiger partial charge in [-0.25, -0.2) is 18.6 Å². The van der Waals surface area contributed by atoms with E-state index in [2.05, 4.69) is 10.3 Å². The number of hydrogen-bond acceptors (Lipinski definition) is 7. The molecule has 0 aromatic carbocycles. The Morgan fingerprint density at radius 1 is 1.25 bits per heavy atom. The topological polar surface area (TPSA) is 78.0 Å². The molecule has 0 saturated carbocycles. The fourth-order valence-corrected chi connectivity index (χ4v) is 5.55. The average Bonchev–Trinajstić information content (AvgIpc) is 3.22. The highest BCUT2D eigenvalue weighted by molar-refractivity contribution is 7.17. The second-order valence-electron chi connectivity index (χ2n) is 9.08. The lowest BCUT2D eigenvalue weighted by Crippen LogP contribution is -2.57. The molecule has 8 nitrogen and oxygen atoms in total. The van der Waals surface area contributed by atoms with Crippen LogP contribution in [0.3, 0.4) is 0 Å². The van der Waals surface area contributed by atoms with Crippen molar-refractivity contribution >= 4 is 39.4 Å². The van der Waals surface area contributed by atoms with Crippen molar-refractivity contribution < 1.29 is 36.3 Å². The first-order valence-corrected chi connectivity index (χ1v) is 12.2. The molecule has 36 heavy (non-hydrogen) atoms. The highest BCUT2D eigenvalue weighted by atomic mass is 32.1. The molecule has 0 spiro atoms. The molecule has 4 heterocycles. The van der Waals surface area contributed by atoms with E-state index in [4.69, 9.17) is 4.74 Å². The Morgan fingerprint density at radius 3 is 2.58 bits per heavy atom. The van der Waals surface area contributed by atoms with E-state index in [0.29, 0.717) is 31.0 Å². The summed E-state index contributed by atoms with van der Waals surface area (Å²) >= 11 is 0.712. The number of thiophene rings is 1. The molecule has 2 atom stereocenters. The summed E-state index contributed by atoms with van der Waals surface area (Å²) < 4.78 is 76.5. The fraction of sp³-hybridized carbons (Fsp3) is 0.591. The van der Waals surface area contributed by atoms with Crippen molar-refractivity contribution in [1.29, 1.82) is 0 Å². The van der Waals surface area contributed by atoms with Gasteiger partial charge in [-0.05, 0) is 20.0 Å². The first-order chi connectivity index (χ1) is 16.8. The first kappa shape index (κ1) is 26.3. The van der Waals surface area contributed by atoms with Gasteiger partial charge < -0.3 is 24.8 Å². The summed E-state index contributed by atoms with van der Waals surface area (Å²) in [6, 6.07) is 0.516. The van der Waals surface area contributed by atoms with Crippen LogP contribution in [0, 0.1) is 0 Å². The zero-order valence-corrected chi connectivity index (χ0v) is 20.7. The van der Waals surface area contributed by atoms with Gasteiger partial charge in [-0.3, -0.25) is 4.79 Å². The lowest BCUT2D eigenvalue weighted by molar-refractivity contribution is -0.136. The molecule has 4 rings (SSSR count). The van der Waals surface area contributed by atoms with Crippen molar-refractivity contribution in [2.24, 2.45) is 0 Å². The summed E-state index contributed by atoms with van der Waals surface area (Å²) in [5.41, 5.74) is -1.32. The second kappa shape index (κ2) is 9.61. The largest absolute Gasteiger partial charge is 0.440 e. The third-order valence-corrected chi connectivity index (χ3v) is 7.45. The van der Waals surface area contributed by atoms with E-state index in [1.54, 1.807) is 6.92 Å². The zero-order valence-electron chi connectivity index (χ0n) is 19.9. The molecule has 198 valence electrons.